The molecule has 6 heteroatoms. The second-order valence-electron chi connectivity index (χ2n) is 7.44. The zero-order valence-electron chi connectivity index (χ0n) is 15.5. The van der Waals surface area contributed by atoms with Crippen LogP contribution in [0.2, 0.25) is 0 Å². The number of piperidine rings is 1. The first-order chi connectivity index (χ1) is 12.7. The third kappa shape index (κ3) is 3.41. The summed E-state index contributed by atoms with van der Waals surface area (Å²) in [5.74, 6) is 2.49. The molecule has 0 aliphatic carbocycles. The molecule has 1 unspecified atom stereocenters. The van der Waals surface area contributed by atoms with Crippen LogP contribution >= 0.6 is 0 Å². The van der Waals surface area contributed by atoms with Crippen molar-refractivity contribution in [3.05, 3.63) is 36.7 Å². The number of nitrogens with two attached hydrogens (primary N) is 1. The van der Waals surface area contributed by atoms with Crippen molar-refractivity contribution >= 4 is 23.0 Å². The van der Waals surface area contributed by atoms with Gasteiger partial charge >= 0.3 is 0 Å². The highest BCUT2D eigenvalue weighted by Crippen LogP contribution is 2.32. The first kappa shape index (κ1) is 16.9. The summed E-state index contributed by atoms with van der Waals surface area (Å²) >= 11 is 0. The lowest BCUT2D eigenvalue weighted by molar-refractivity contribution is 0.445. The highest BCUT2D eigenvalue weighted by molar-refractivity contribution is 5.76. The molecule has 2 fully saturated rings. The molecule has 0 amide bonds. The molecule has 0 bridgehead atoms. The molecule has 2 aliphatic heterocycles. The number of piperazine rings is 1. The third-order valence-electron chi connectivity index (χ3n) is 5.50. The smallest absolute Gasteiger partial charge is 0.157 e. The van der Waals surface area contributed by atoms with Crippen LogP contribution in [0.5, 0.6) is 0 Å². The van der Waals surface area contributed by atoms with Crippen LogP contribution in [0.4, 0.5) is 23.0 Å². The van der Waals surface area contributed by atoms with E-state index in [1.54, 1.807) is 6.33 Å². The van der Waals surface area contributed by atoms with Crippen molar-refractivity contribution in [2.45, 2.75) is 19.8 Å². The van der Waals surface area contributed by atoms with Gasteiger partial charge in [0, 0.05) is 45.0 Å². The van der Waals surface area contributed by atoms with E-state index in [4.69, 9.17) is 5.73 Å². The predicted octanol–water partition coefficient (Wildman–Crippen LogP) is 2.62. The second kappa shape index (κ2) is 7.40. The Morgan fingerprint density at radius 2 is 1.54 bits per heavy atom. The molecule has 0 spiro atoms. The highest BCUT2D eigenvalue weighted by atomic mass is 15.3. The van der Waals surface area contributed by atoms with Crippen LogP contribution in [0.3, 0.4) is 0 Å². The first-order valence-corrected chi connectivity index (χ1v) is 9.63. The molecular formula is C20H28N6. The standard InChI is InChI=1S/C20H28N6/c1-16-6-5-9-26(14-16)20-18(21)19(22-15-23-20)25-12-10-24(11-13-25)17-7-3-2-4-8-17/h2-4,7-8,15-16H,5-6,9-14,21H2,1H3. The van der Waals surface area contributed by atoms with Gasteiger partial charge in [0.25, 0.3) is 0 Å². The van der Waals surface area contributed by atoms with Gasteiger partial charge in [-0.2, -0.15) is 0 Å². The van der Waals surface area contributed by atoms with E-state index in [0.29, 0.717) is 5.92 Å². The molecule has 1 aromatic carbocycles. The maximum absolute atomic E-state index is 6.51. The highest BCUT2D eigenvalue weighted by Gasteiger charge is 2.25. The minimum Gasteiger partial charge on any atom is -0.393 e. The summed E-state index contributed by atoms with van der Waals surface area (Å²) in [5.41, 5.74) is 8.53. The van der Waals surface area contributed by atoms with E-state index in [9.17, 15) is 0 Å². The number of anilines is 4. The molecule has 6 nitrogen and oxygen atoms in total. The molecule has 0 radical (unpaired) electrons. The van der Waals surface area contributed by atoms with Crippen LogP contribution in [-0.2, 0) is 0 Å². The van der Waals surface area contributed by atoms with Crippen LogP contribution in [0.25, 0.3) is 0 Å². The van der Waals surface area contributed by atoms with Gasteiger partial charge in [-0.05, 0) is 30.9 Å². The number of hydrogen-bond acceptors (Lipinski definition) is 6. The Balaban J connectivity index is 1.48. The zero-order valence-corrected chi connectivity index (χ0v) is 15.5. The Bertz CT molecular complexity index is 726. The lowest BCUT2D eigenvalue weighted by Gasteiger charge is -2.38. The van der Waals surface area contributed by atoms with Gasteiger partial charge in [-0.1, -0.05) is 25.1 Å². The molecule has 138 valence electrons. The van der Waals surface area contributed by atoms with Gasteiger partial charge in [0.1, 0.15) is 12.0 Å². The summed E-state index contributed by atoms with van der Waals surface area (Å²) in [4.78, 5) is 16.1. The molecule has 2 aromatic rings. The number of rotatable bonds is 3. The Labute approximate surface area is 155 Å². The molecule has 2 aliphatic rings. The summed E-state index contributed by atoms with van der Waals surface area (Å²) in [7, 11) is 0. The Morgan fingerprint density at radius 1 is 0.885 bits per heavy atom. The van der Waals surface area contributed by atoms with Crippen molar-refractivity contribution in [1.29, 1.82) is 0 Å². The van der Waals surface area contributed by atoms with Crippen molar-refractivity contribution in [1.82, 2.24) is 9.97 Å². The molecule has 3 heterocycles. The number of nitrogen functional groups attached to an aromatic ring is 1. The molecule has 2 N–H and O–H groups in total. The van der Waals surface area contributed by atoms with Gasteiger partial charge < -0.3 is 20.4 Å². The van der Waals surface area contributed by atoms with Crippen molar-refractivity contribution in [3.8, 4) is 0 Å². The summed E-state index contributed by atoms with van der Waals surface area (Å²) in [5, 5.41) is 0. The maximum Gasteiger partial charge on any atom is 0.157 e. The van der Waals surface area contributed by atoms with Gasteiger partial charge in [-0.3, -0.25) is 0 Å². The average molecular weight is 352 g/mol. The van der Waals surface area contributed by atoms with Crippen LogP contribution in [-0.4, -0.2) is 49.2 Å². The Hall–Kier alpha value is -2.50. The Kier molecular flexibility index (Phi) is 4.82. The second-order valence-corrected chi connectivity index (χ2v) is 7.44. The topological polar surface area (TPSA) is 61.5 Å². The predicted molar refractivity (Wildman–Crippen MR) is 108 cm³/mol. The number of hydrogen-bond donors (Lipinski definition) is 1. The monoisotopic (exact) mass is 352 g/mol. The minimum absolute atomic E-state index is 0.691. The third-order valence-corrected chi connectivity index (χ3v) is 5.50. The van der Waals surface area contributed by atoms with Crippen LogP contribution in [0, 0.1) is 5.92 Å². The lowest BCUT2D eigenvalue weighted by Crippen LogP contribution is -2.47. The average Bonchev–Trinajstić information content (AvgIpc) is 2.69. The minimum atomic E-state index is 0.691. The van der Waals surface area contributed by atoms with Crippen LogP contribution < -0.4 is 20.4 Å². The zero-order chi connectivity index (χ0) is 17.9. The van der Waals surface area contributed by atoms with E-state index in [-0.39, 0.29) is 0 Å². The van der Waals surface area contributed by atoms with E-state index in [1.807, 2.05) is 0 Å². The molecular weight excluding hydrogens is 324 g/mol. The van der Waals surface area contributed by atoms with Crippen LogP contribution in [0.15, 0.2) is 36.7 Å². The first-order valence-electron chi connectivity index (χ1n) is 9.63. The fourth-order valence-electron chi connectivity index (χ4n) is 4.08. The van der Waals surface area contributed by atoms with Gasteiger partial charge in [0.15, 0.2) is 11.6 Å². The maximum atomic E-state index is 6.51. The van der Waals surface area contributed by atoms with Gasteiger partial charge in [0.05, 0.1) is 0 Å². The van der Waals surface area contributed by atoms with Gasteiger partial charge in [0.2, 0.25) is 0 Å². The van der Waals surface area contributed by atoms with Crippen molar-refractivity contribution in [3.63, 3.8) is 0 Å². The van der Waals surface area contributed by atoms with Crippen molar-refractivity contribution in [2.24, 2.45) is 5.92 Å². The van der Waals surface area contributed by atoms with Gasteiger partial charge in [-0.15, -0.1) is 0 Å². The fraction of sp³-hybridized carbons (Fsp3) is 0.500. The molecule has 4 rings (SSSR count). The summed E-state index contributed by atoms with van der Waals surface area (Å²) in [6.07, 6.45) is 4.16. The molecule has 26 heavy (non-hydrogen) atoms. The quantitative estimate of drug-likeness (QED) is 0.916. The normalized spacial score (nSPS) is 21.1. The molecule has 0 saturated carbocycles. The summed E-state index contributed by atoms with van der Waals surface area (Å²) in [6.45, 7) is 8.16. The van der Waals surface area contributed by atoms with E-state index in [0.717, 1.165) is 56.6 Å². The van der Waals surface area contributed by atoms with Crippen molar-refractivity contribution < 1.29 is 0 Å². The van der Waals surface area contributed by atoms with Crippen LogP contribution in [0.1, 0.15) is 19.8 Å². The van der Waals surface area contributed by atoms with Crippen molar-refractivity contribution in [2.75, 3.05) is 59.7 Å². The van der Waals surface area contributed by atoms with Gasteiger partial charge in [-0.25, -0.2) is 9.97 Å². The lowest BCUT2D eigenvalue weighted by atomic mass is 10.0. The number of aromatic nitrogens is 2. The Morgan fingerprint density at radius 3 is 2.23 bits per heavy atom. The molecule has 1 atom stereocenters. The van der Waals surface area contributed by atoms with E-state index < -0.39 is 0 Å². The number of benzene rings is 1. The van der Waals surface area contributed by atoms with E-state index in [1.165, 1.54) is 18.5 Å². The van der Waals surface area contributed by atoms with E-state index >= 15 is 0 Å². The summed E-state index contributed by atoms with van der Waals surface area (Å²) < 4.78 is 0. The molecule has 1 aromatic heterocycles. The SMILES string of the molecule is CC1CCCN(c2ncnc(N3CCN(c4ccccc4)CC3)c2N)C1. The number of para-hydroxylation sites is 1. The largest absolute Gasteiger partial charge is 0.393 e. The van der Waals surface area contributed by atoms with E-state index in [2.05, 4.69) is 61.9 Å². The fourth-order valence-corrected chi connectivity index (χ4v) is 4.08. The number of nitrogens with zero attached hydrogens (tertiary/aromatic N) is 5. The molecule has 2 saturated heterocycles. The summed E-state index contributed by atoms with van der Waals surface area (Å²) in [6, 6.07) is 10.6.